The standard InChI is InChI=1S/C14H18F3NO2/c1-9-4-6-10(7-5-9)13(2,3)12(20)18-8-11(19)14(15,16)17/h4-7,11,19H,8H2,1-3H3,(H,18,20). The quantitative estimate of drug-likeness (QED) is 0.893. The maximum Gasteiger partial charge on any atom is 0.416 e. The fraction of sp³-hybridized carbons (Fsp3) is 0.500. The van der Waals surface area contributed by atoms with E-state index in [9.17, 15) is 18.0 Å². The third kappa shape index (κ3) is 3.96. The molecule has 0 saturated heterocycles. The van der Waals surface area contributed by atoms with Crippen LogP contribution in [0.15, 0.2) is 24.3 Å². The van der Waals surface area contributed by atoms with Crippen molar-refractivity contribution in [2.45, 2.75) is 38.5 Å². The second kappa shape index (κ2) is 5.83. The number of hydrogen-bond donors (Lipinski definition) is 2. The largest absolute Gasteiger partial charge is 0.416 e. The van der Waals surface area contributed by atoms with Gasteiger partial charge in [0.2, 0.25) is 5.91 Å². The van der Waals surface area contributed by atoms with Gasteiger partial charge < -0.3 is 10.4 Å². The second-order valence-electron chi connectivity index (χ2n) is 5.26. The van der Waals surface area contributed by atoms with Crippen LogP contribution in [0.25, 0.3) is 0 Å². The zero-order chi connectivity index (χ0) is 15.6. The van der Waals surface area contributed by atoms with Crippen LogP contribution in [0.5, 0.6) is 0 Å². The van der Waals surface area contributed by atoms with E-state index >= 15 is 0 Å². The summed E-state index contributed by atoms with van der Waals surface area (Å²) < 4.78 is 36.5. The van der Waals surface area contributed by atoms with Crippen molar-refractivity contribution in [3.8, 4) is 0 Å². The van der Waals surface area contributed by atoms with Gasteiger partial charge in [-0.2, -0.15) is 13.2 Å². The first kappa shape index (κ1) is 16.5. The third-order valence-electron chi connectivity index (χ3n) is 3.17. The van der Waals surface area contributed by atoms with E-state index in [1.54, 1.807) is 26.0 Å². The van der Waals surface area contributed by atoms with Crippen LogP contribution in [0, 0.1) is 6.92 Å². The molecule has 1 aromatic carbocycles. The van der Waals surface area contributed by atoms with Crippen LogP contribution in [-0.2, 0) is 10.2 Å². The number of aryl methyl sites for hydroxylation is 1. The average molecular weight is 289 g/mol. The third-order valence-corrected chi connectivity index (χ3v) is 3.17. The molecule has 0 aromatic heterocycles. The number of aliphatic hydroxyl groups excluding tert-OH is 1. The van der Waals surface area contributed by atoms with Crippen LogP contribution in [0.4, 0.5) is 13.2 Å². The fourth-order valence-electron chi connectivity index (χ4n) is 1.63. The maximum atomic E-state index is 12.2. The first-order chi connectivity index (χ1) is 9.05. The SMILES string of the molecule is Cc1ccc(C(C)(C)C(=O)NCC(O)C(F)(F)F)cc1. The Kier molecular flexibility index (Phi) is 4.81. The molecule has 0 aliphatic carbocycles. The van der Waals surface area contributed by atoms with Crippen LogP contribution >= 0.6 is 0 Å². The van der Waals surface area contributed by atoms with E-state index in [1.807, 2.05) is 19.1 Å². The summed E-state index contributed by atoms with van der Waals surface area (Å²) in [7, 11) is 0. The van der Waals surface area contributed by atoms with Crippen LogP contribution < -0.4 is 5.32 Å². The van der Waals surface area contributed by atoms with Gasteiger partial charge in [0.15, 0.2) is 6.10 Å². The molecular weight excluding hydrogens is 271 g/mol. The van der Waals surface area contributed by atoms with Crippen LogP contribution in [0.3, 0.4) is 0 Å². The maximum absolute atomic E-state index is 12.2. The summed E-state index contributed by atoms with van der Waals surface area (Å²) in [4.78, 5) is 12.0. The summed E-state index contributed by atoms with van der Waals surface area (Å²) in [6.07, 6.45) is -7.29. The Morgan fingerprint density at radius 2 is 1.75 bits per heavy atom. The molecule has 6 heteroatoms. The first-order valence-electron chi connectivity index (χ1n) is 6.15. The van der Waals surface area contributed by atoms with Crippen LogP contribution in [0.1, 0.15) is 25.0 Å². The number of nitrogens with one attached hydrogen (secondary N) is 1. The van der Waals surface area contributed by atoms with E-state index in [-0.39, 0.29) is 0 Å². The highest BCUT2D eigenvalue weighted by Crippen LogP contribution is 2.24. The lowest BCUT2D eigenvalue weighted by molar-refractivity contribution is -0.202. The molecule has 1 amide bonds. The molecule has 0 spiro atoms. The summed E-state index contributed by atoms with van der Waals surface area (Å²) in [5.41, 5.74) is 0.749. The highest BCUT2D eigenvalue weighted by atomic mass is 19.4. The van der Waals surface area contributed by atoms with Gasteiger partial charge in [0, 0.05) is 0 Å². The zero-order valence-corrected chi connectivity index (χ0v) is 11.6. The average Bonchev–Trinajstić information content (AvgIpc) is 2.34. The lowest BCUT2D eigenvalue weighted by Crippen LogP contribution is -2.46. The number of rotatable bonds is 4. The number of hydrogen-bond acceptors (Lipinski definition) is 2. The summed E-state index contributed by atoms with van der Waals surface area (Å²) >= 11 is 0. The molecule has 1 aromatic rings. The molecule has 112 valence electrons. The van der Waals surface area contributed by atoms with Crippen molar-refractivity contribution in [2.24, 2.45) is 0 Å². The molecule has 0 aliphatic heterocycles. The lowest BCUT2D eigenvalue weighted by atomic mass is 9.83. The number of benzene rings is 1. The van der Waals surface area contributed by atoms with Crippen molar-refractivity contribution in [3.63, 3.8) is 0 Å². The van der Waals surface area contributed by atoms with Gasteiger partial charge in [-0.1, -0.05) is 29.8 Å². The second-order valence-corrected chi connectivity index (χ2v) is 5.26. The molecule has 0 aliphatic rings. The van der Waals surface area contributed by atoms with E-state index in [0.717, 1.165) is 5.56 Å². The smallest absolute Gasteiger partial charge is 0.382 e. The Labute approximate surface area is 115 Å². The Hall–Kier alpha value is -1.56. The Morgan fingerprint density at radius 1 is 1.25 bits per heavy atom. The minimum Gasteiger partial charge on any atom is -0.382 e. The first-order valence-corrected chi connectivity index (χ1v) is 6.15. The normalized spacial score (nSPS) is 13.9. The number of halogens is 3. The van der Waals surface area contributed by atoms with Crippen molar-refractivity contribution in [2.75, 3.05) is 6.54 Å². The molecule has 1 atom stereocenters. The van der Waals surface area contributed by atoms with Crippen molar-refractivity contribution < 1.29 is 23.1 Å². The molecule has 20 heavy (non-hydrogen) atoms. The topological polar surface area (TPSA) is 49.3 Å². The summed E-state index contributed by atoms with van der Waals surface area (Å²) in [6, 6.07) is 7.17. The molecule has 0 radical (unpaired) electrons. The van der Waals surface area contributed by atoms with Gasteiger partial charge in [0.1, 0.15) is 0 Å². The minimum atomic E-state index is -4.73. The Bertz CT molecular complexity index is 466. The predicted molar refractivity (Wildman–Crippen MR) is 69.3 cm³/mol. The summed E-state index contributed by atoms with van der Waals surface area (Å²) in [5.74, 6) is -0.565. The van der Waals surface area contributed by atoms with Gasteiger partial charge in [0.25, 0.3) is 0 Å². The highest BCUT2D eigenvalue weighted by molar-refractivity contribution is 5.87. The molecule has 3 nitrogen and oxygen atoms in total. The molecule has 0 bridgehead atoms. The highest BCUT2D eigenvalue weighted by Gasteiger charge is 2.39. The zero-order valence-electron chi connectivity index (χ0n) is 11.6. The van der Waals surface area contributed by atoms with Gasteiger partial charge in [-0.25, -0.2) is 0 Å². The van der Waals surface area contributed by atoms with Crippen molar-refractivity contribution >= 4 is 5.91 Å². The molecule has 2 N–H and O–H groups in total. The van der Waals surface area contributed by atoms with Gasteiger partial charge in [-0.3, -0.25) is 4.79 Å². The fourth-order valence-corrected chi connectivity index (χ4v) is 1.63. The number of alkyl halides is 3. The van der Waals surface area contributed by atoms with Gasteiger partial charge in [-0.15, -0.1) is 0 Å². The van der Waals surface area contributed by atoms with Crippen molar-refractivity contribution in [1.82, 2.24) is 5.32 Å². The van der Waals surface area contributed by atoms with Crippen molar-refractivity contribution in [1.29, 1.82) is 0 Å². The molecular formula is C14H18F3NO2. The van der Waals surface area contributed by atoms with Crippen molar-refractivity contribution in [3.05, 3.63) is 35.4 Å². The lowest BCUT2D eigenvalue weighted by Gasteiger charge is -2.25. The van der Waals surface area contributed by atoms with Gasteiger partial charge in [-0.05, 0) is 26.3 Å². The van der Waals surface area contributed by atoms with Gasteiger partial charge >= 0.3 is 6.18 Å². The van der Waals surface area contributed by atoms with E-state index < -0.39 is 30.1 Å². The van der Waals surface area contributed by atoms with E-state index in [1.165, 1.54) is 0 Å². The monoisotopic (exact) mass is 289 g/mol. The van der Waals surface area contributed by atoms with E-state index in [0.29, 0.717) is 5.56 Å². The summed E-state index contributed by atoms with van der Waals surface area (Å²) in [5, 5.41) is 11.0. The summed E-state index contributed by atoms with van der Waals surface area (Å²) in [6.45, 7) is 4.29. The molecule has 0 heterocycles. The van der Waals surface area contributed by atoms with Crippen LogP contribution in [0.2, 0.25) is 0 Å². The number of carbonyl (C=O) groups excluding carboxylic acids is 1. The van der Waals surface area contributed by atoms with E-state index in [2.05, 4.69) is 5.32 Å². The van der Waals surface area contributed by atoms with Crippen LogP contribution in [-0.4, -0.2) is 29.8 Å². The molecule has 1 rings (SSSR count). The number of aliphatic hydroxyl groups is 1. The molecule has 1 unspecified atom stereocenters. The minimum absolute atomic E-state index is 0.565. The predicted octanol–water partition coefficient (Wildman–Crippen LogP) is 2.31. The Morgan fingerprint density at radius 3 is 2.20 bits per heavy atom. The molecule has 0 saturated carbocycles. The number of amides is 1. The number of carbonyl (C=O) groups is 1. The van der Waals surface area contributed by atoms with Gasteiger partial charge in [0.05, 0.1) is 12.0 Å². The molecule has 0 fully saturated rings. The Balaban J connectivity index is 2.73. The van der Waals surface area contributed by atoms with E-state index in [4.69, 9.17) is 5.11 Å².